The Morgan fingerprint density at radius 3 is 2.52 bits per heavy atom. The minimum atomic E-state index is -1.17. The van der Waals surface area contributed by atoms with E-state index >= 15 is 0 Å². The van der Waals surface area contributed by atoms with Gasteiger partial charge in [0.05, 0.1) is 33.0 Å². The highest BCUT2D eigenvalue weighted by molar-refractivity contribution is 6.02. The maximum Gasteiger partial charge on any atom is 0.249 e. The van der Waals surface area contributed by atoms with Crippen molar-refractivity contribution in [3.63, 3.8) is 0 Å². The number of benzene rings is 3. The number of aromatic nitrogens is 3. The van der Waals surface area contributed by atoms with E-state index in [0.717, 1.165) is 12.8 Å². The van der Waals surface area contributed by atoms with Gasteiger partial charge in [0.1, 0.15) is 18.1 Å². The zero-order chi connectivity index (χ0) is 30.6. The minimum Gasteiger partial charge on any atom is -0.493 e. The molecule has 13 nitrogen and oxygen atoms in total. The molecule has 1 N–H and O–H groups in total. The largest absolute Gasteiger partial charge is 0.493 e. The van der Waals surface area contributed by atoms with Gasteiger partial charge in [-0.1, -0.05) is 17.3 Å². The van der Waals surface area contributed by atoms with E-state index in [0.29, 0.717) is 57.6 Å². The molecular formula is C31H33N5O8. The molecule has 2 amide bonds. The van der Waals surface area contributed by atoms with Gasteiger partial charge in [-0.25, -0.2) is 4.68 Å². The SMILES string of the molecule is COc1cc([C@H](C(=O)NC[C@H]2CCCO2)N(C(=O)Cn2nnc3ccccc32)c2ccc3c(c2)OCO3)cc(OC)c1OC. The Hall–Kier alpha value is -5.04. The third kappa shape index (κ3) is 5.65. The van der Waals surface area contributed by atoms with E-state index in [1.807, 2.05) is 24.3 Å². The van der Waals surface area contributed by atoms with Crippen LogP contribution in [0.25, 0.3) is 11.0 Å². The van der Waals surface area contributed by atoms with Crippen LogP contribution in [0.15, 0.2) is 54.6 Å². The molecule has 1 fully saturated rings. The number of amides is 2. The van der Waals surface area contributed by atoms with Crippen molar-refractivity contribution in [2.45, 2.75) is 31.5 Å². The summed E-state index contributed by atoms with van der Waals surface area (Å²) in [4.78, 5) is 30.1. The molecule has 3 heterocycles. The average Bonchev–Trinajstić information content (AvgIpc) is 3.83. The summed E-state index contributed by atoms with van der Waals surface area (Å²) < 4.78 is 35.2. The van der Waals surface area contributed by atoms with Crippen LogP contribution in [0.3, 0.4) is 0 Å². The molecule has 0 radical (unpaired) electrons. The summed E-state index contributed by atoms with van der Waals surface area (Å²) in [5.74, 6) is 1.16. The molecule has 0 saturated carbocycles. The second kappa shape index (κ2) is 12.7. The zero-order valence-electron chi connectivity index (χ0n) is 24.6. The van der Waals surface area contributed by atoms with Gasteiger partial charge in [0.2, 0.25) is 24.4 Å². The molecule has 0 aliphatic carbocycles. The molecule has 6 rings (SSSR count). The van der Waals surface area contributed by atoms with Gasteiger partial charge in [0.25, 0.3) is 0 Å². The van der Waals surface area contributed by atoms with Crippen LogP contribution in [0.4, 0.5) is 5.69 Å². The maximum atomic E-state index is 14.4. The molecule has 2 aliphatic heterocycles. The first kappa shape index (κ1) is 29.1. The molecule has 2 atom stereocenters. The highest BCUT2D eigenvalue weighted by atomic mass is 16.7. The minimum absolute atomic E-state index is 0.0514. The second-order valence-corrected chi connectivity index (χ2v) is 10.3. The van der Waals surface area contributed by atoms with Gasteiger partial charge in [-0.15, -0.1) is 5.10 Å². The number of rotatable bonds is 11. The number of fused-ring (bicyclic) bond motifs is 2. The first-order valence-electron chi connectivity index (χ1n) is 14.2. The van der Waals surface area contributed by atoms with Crippen molar-refractivity contribution >= 4 is 28.5 Å². The summed E-state index contributed by atoms with van der Waals surface area (Å²) in [6, 6.07) is 14.6. The normalized spacial score (nSPS) is 16.0. The fourth-order valence-corrected chi connectivity index (χ4v) is 5.50. The van der Waals surface area contributed by atoms with Gasteiger partial charge in [-0.2, -0.15) is 0 Å². The van der Waals surface area contributed by atoms with E-state index in [2.05, 4.69) is 15.6 Å². The first-order valence-corrected chi connectivity index (χ1v) is 14.2. The van der Waals surface area contributed by atoms with E-state index in [9.17, 15) is 9.59 Å². The Bertz CT molecular complexity index is 1640. The number of carbonyl (C=O) groups is 2. The fourth-order valence-electron chi connectivity index (χ4n) is 5.50. The predicted molar refractivity (Wildman–Crippen MR) is 158 cm³/mol. The van der Waals surface area contributed by atoms with Crippen LogP contribution in [0, 0.1) is 0 Å². The second-order valence-electron chi connectivity index (χ2n) is 10.3. The fraction of sp³-hybridized carbons (Fsp3) is 0.355. The molecule has 0 spiro atoms. The van der Waals surface area contributed by atoms with Crippen molar-refractivity contribution in [3.8, 4) is 28.7 Å². The van der Waals surface area contributed by atoms with E-state index in [1.54, 1.807) is 30.3 Å². The maximum absolute atomic E-state index is 14.4. The van der Waals surface area contributed by atoms with Crippen molar-refractivity contribution in [2.24, 2.45) is 0 Å². The average molecular weight is 604 g/mol. The van der Waals surface area contributed by atoms with Gasteiger partial charge in [-0.05, 0) is 54.8 Å². The Kier molecular flexibility index (Phi) is 8.37. The summed E-state index contributed by atoms with van der Waals surface area (Å²) in [6.45, 7) is 0.784. The molecule has 3 aromatic carbocycles. The van der Waals surface area contributed by atoms with Crippen LogP contribution in [0.5, 0.6) is 28.7 Å². The van der Waals surface area contributed by atoms with Crippen LogP contribution >= 0.6 is 0 Å². The predicted octanol–water partition coefficient (Wildman–Crippen LogP) is 3.26. The lowest BCUT2D eigenvalue weighted by Gasteiger charge is -2.32. The van der Waals surface area contributed by atoms with Crippen molar-refractivity contribution in [2.75, 3.05) is 46.2 Å². The van der Waals surface area contributed by atoms with Crippen LogP contribution in [-0.2, 0) is 20.9 Å². The van der Waals surface area contributed by atoms with Crippen LogP contribution < -0.4 is 33.9 Å². The van der Waals surface area contributed by atoms with Gasteiger partial charge in [-0.3, -0.25) is 14.5 Å². The van der Waals surface area contributed by atoms with Gasteiger partial charge in [0, 0.05) is 24.9 Å². The van der Waals surface area contributed by atoms with Gasteiger partial charge >= 0.3 is 0 Å². The number of nitrogens with zero attached hydrogens (tertiary/aromatic N) is 4. The Morgan fingerprint density at radius 1 is 1.02 bits per heavy atom. The number of carbonyl (C=O) groups excluding carboxylic acids is 2. The topological polar surface area (TPSA) is 136 Å². The van der Waals surface area contributed by atoms with Crippen molar-refractivity contribution < 1.29 is 38.0 Å². The van der Waals surface area contributed by atoms with Gasteiger partial charge in [0.15, 0.2) is 23.0 Å². The molecule has 13 heteroatoms. The highest BCUT2D eigenvalue weighted by Crippen LogP contribution is 2.43. The summed E-state index contributed by atoms with van der Waals surface area (Å²) in [5.41, 5.74) is 2.16. The zero-order valence-corrected chi connectivity index (χ0v) is 24.6. The van der Waals surface area contributed by atoms with Crippen LogP contribution in [0.1, 0.15) is 24.4 Å². The first-order chi connectivity index (χ1) is 21.5. The lowest BCUT2D eigenvalue weighted by Crippen LogP contribution is -2.46. The molecule has 1 saturated heterocycles. The van der Waals surface area contributed by atoms with E-state index in [1.165, 1.54) is 30.9 Å². The lowest BCUT2D eigenvalue weighted by molar-refractivity contribution is -0.127. The summed E-state index contributed by atoms with van der Waals surface area (Å²) in [5, 5.41) is 11.4. The van der Waals surface area contributed by atoms with Crippen molar-refractivity contribution in [1.29, 1.82) is 0 Å². The lowest BCUT2D eigenvalue weighted by atomic mass is 10.0. The van der Waals surface area contributed by atoms with E-state index < -0.39 is 17.9 Å². The summed E-state index contributed by atoms with van der Waals surface area (Å²) >= 11 is 0. The number of hydrogen-bond acceptors (Lipinski definition) is 10. The Balaban J connectivity index is 1.47. The van der Waals surface area contributed by atoms with Gasteiger partial charge < -0.3 is 33.7 Å². The standard InChI is InChI=1S/C31H33N5O8/c1-39-26-13-19(14-27(40-2)30(26)41-3)29(31(38)32-16-21-7-6-12-42-21)36(20-10-11-24-25(15-20)44-18-43-24)28(37)17-35-23-9-5-4-8-22(23)33-34-35/h4-5,8-11,13-15,21,29H,6-7,12,16-18H2,1-3H3,(H,32,38)/t21-,29-/m1/s1. The number of ether oxygens (including phenoxy) is 6. The molecule has 0 bridgehead atoms. The quantitative estimate of drug-likeness (QED) is 0.272. The van der Waals surface area contributed by atoms with Crippen molar-refractivity contribution in [3.05, 3.63) is 60.2 Å². The molecule has 1 aromatic heterocycles. The molecule has 230 valence electrons. The summed E-state index contributed by atoms with van der Waals surface area (Å²) in [7, 11) is 4.48. The molecule has 2 aliphatic rings. The Morgan fingerprint density at radius 2 is 1.80 bits per heavy atom. The number of para-hydroxylation sites is 1. The van der Waals surface area contributed by atoms with Crippen molar-refractivity contribution in [1.82, 2.24) is 20.3 Å². The van der Waals surface area contributed by atoms with E-state index in [-0.39, 0.29) is 26.0 Å². The molecule has 0 unspecified atom stereocenters. The molecule has 44 heavy (non-hydrogen) atoms. The molecule has 4 aromatic rings. The number of nitrogens with one attached hydrogen (secondary N) is 1. The summed E-state index contributed by atoms with van der Waals surface area (Å²) in [6.07, 6.45) is 1.64. The number of methoxy groups -OCH3 is 3. The highest BCUT2D eigenvalue weighted by Gasteiger charge is 2.36. The number of hydrogen-bond donors (Lipinski definition) is 1. The van der Waals surface area contributed by atoms with E-state index in [4.69, 9.17) is 28.4 Å². The molecular weight excluding hydrogens is 570 g/mol. The third-order valence-corrected chi connectivity index (χ3v) is 7.65. The monoisotopic (exact) mass is 603 g/mol. The smallest absolute Gasteiger partial charge is 0.249 e. The number of anilines is 1. The Labute approximate surface area is 253 Å². The van der Waals surface area contributed by atoms with Crippen LogP contribution in [-0.4, -0.2) is 74.2 Å². The third-order valence-electron chi connectivity index (χ3n) is 7.65. The van der Waals surface area contributed by atoms with Crippen LogP contribution in [0.2, 0.25) is 0 Å².